The number of rotatable bonds is 0. The minimum atomic E-state index is 0.0243. The summed E-state index contributed by atoms with van der Waals surface area (Å²) in [6, 6.07) is 10.6. The molecule has 41 heavy (non-hydrogen) atoms. The lowest BCUT2D eigenvalue weighted by atomic mass is 9.87. The first-order valence-corrected chi connectivity index (χ1v) is 15.0. The molecule has 234 valence electrons. The Kier molecular flexibility index (Phi) is 13.3. The van der Waals surface area contributed by atoms with Crippen LogP contribution in [0.3, 0.4) is 0 Å². The summed E-state index contributed by atoms with van der Waals surface area (Å²) in [7, 11) is 0. The number of nitrogens with zero attached hydrogens (tertiary/aromatic N) is 5. The van der Waals surface area contributed by atoms with Gasteiger partial charge in [0.25, 0.3) is 0 Å². The highest BCUT2D eigenvalue weighted by molar-refractivity contribution is 5.22. The quantitative estimate of drug-likeness (QED) is 0.275. The molecule has 6 nitrogen and oxygen atoms in total. The van der Waals surface area contributed by atoms with Crippen molar-refractivity contribution in [2.75, 3.05) is 0 Å². The molecule has 0 aliphatic carbocycles. The Morgan fingerprint density at radius 2 is 1.05 bits per heavy atom. The average Bonchev–Trinajstić information content (AvgIpc) is 3.43. The first-order valence-electron chi connectivity index (χ1n) is 15.0. The number of benzene rings is 1. The van der Waals surface area contributed by atoms with Gasteiger partial charge in [0.1, 0.15) is 5.54 Å². The van der Waals surface area contributed by atoms with Gasteiger partial charge in [-0.1, -0.05) is 131 Å². The third kappa shape index (κ3) is 16.5. The molecule has 6 heteroatoms. The van der Waals surface area contributed by atoms with Crippen molar-refractivity contribution < 1.29 is 4.68 Å². The van der Waals surface area contributed by atoms with Gasteiger partial charge in [-0.05, 0) is 57.9 Å². The predicted octanol–water partition coefficient (Wildman–Crippen LogP) is 9.12. The normalized spacial score (nSPS) is 12.8. The Balaban J connectivity index is 0.000000545. The van der Waals surface area contributed by atoms with Crippen LogP contribution < -0.4 is 4.68 Å². The maximum Gasteiger partial charge on any atom is 0.223 e. The van der Waals surface area contributed by atoms with Crippen LogP contribution in [0.1, 0.15) is 149 Å². The molecule has 1 N–H and O–H groups in total. The summed E-state index contributed by atoms with van der Waals surface area (Å²) in [5, 5.41) is 15.6. The van der Waals surface area contributed by atoms with E-state index in [1.807, 2.05) is 15.6 Å². The Morgan fingerprint density at radius 1 is 0.610 bits per heavy atom. The Morgan fingerprint density at radius 3 is 1.27 bits per heavy atom. The fraction of sp³-hybridized carbons (Fsp3) is 0.714. The van der Waals surface area contributed by atoms with Crippen LogP contribution in [-0.2, 0) is 27.3 Å². The minimum Gasteiger partial charge on any atom is -0.247 e. The van der Waals surface area contributed by atoms with Gasteiger partial charge in [0.2, 0.25) is 5.69 Å². The highest BCUT2D eigenvalue weighted by Crippen LogP contribution is 2.22. The first-order chi connectivity index (χ1) is 18.0. The molecule has 2 aromatic heterocycles. The van der Waals surface area contributed by atoms with E-state index in [1.54, 1.807) is 0 Å². The second-order valence-electron chi connectivity index (χ2n) is 17.6. The monoisotopic (exact) mass is 570 g/mol. The molecule has 0 saturated carbocycles. The summed E-state index contributed by atoms with van der Waals surface area (Å²) in [5.74, 6) is 0. The van der Waals surface area contributed by atoms with Crippen LogP contribution in [0.4, 0.5) is 0 Å². The van der Waals surface area contributed by atoms with Crippen molar-refractivity contribution in [1.29, 1.82) is 0 Å². The molecule has 3 rings (SSSR count). The van der Waals surface area contributed by atoms with Crippen molar-refractivity contribution in [3.8, 4) is 0 Å². The van der Waals surface area contributed by atoms with Gasteiger partial charge in [0.05, 0.1) is 11.2 Å². The smallest absolute Gasteiger partial charge is 0.223 e. The number of aromatic amines is 1. The van der Waals surface area contributed by atoms with Crippen molar-refractivity contribution in [2.45, 2.75) is 159 Å². The lowest BCUT2D eigenvalue weighted by Crippen LogP contribution is -2.51. The van der Waals surface area contributed by atoms with Gasteiger partial charge in [-0.2, -0.15) is 4.68 Å². The summed E-state index contributed by atoms with van der Waals surface area (Å²) >= 11 is 0. The van der Waals surface area contributed by atoms with E-state index in [9.17, 15) is 0 Å². The van der Waals surface area contributed by atoms with E-state index in [-0.39, 0.29) is 21.9 Å². The molecular formula is C35H65N6+. The fourth-order valence-electron chi connectivity index (χ4n) is 2.87. The largest absolute Gasteiger partial charge is 0.247 e. The van der Waals surface area contributed by atoms with Gasteiger partial charge in [-0.25, -0.2) is 4.68 Å². The first kappa shape index (κ1) is 38.5. The SMILES string of the molecule is CC(C)(C)C.CC(C)(C)c1c[n+](C(C)(C)C)[nH]n1.CC(C)(C)c1ccccc1.CC(C)(C)c1cn(C(C)(C)C)nn1. The zero-order valence-corrected chi connectivity index (χ0v) is 30.3. The van der Waals surface area contributed by atoms with E-state index in [0.29, 0.717) is 10.8 Å². The Labute approximate surface area is 253 Å². The lowest BCUT2D eigenvalue weighted by molar-refractivity contribution is -0.805. The third-order valence-electron chi connectivity index (χ3n) is 5.61. The van der Waals surface area contributed by atoms with E-state index in [1.165, 1.54) is 5.56 Å². The van der Waals surface area contributed by atoms with E-state index in [0.717, 1.165) is 11.4 Å². The van der Waals surface area contributed by atoms with Crippen molar-refractivity contribution in [2.24, 2.45) is 5.41 Å². The molecule has 0 aliphatic heterocycles. The molecule has 0 atom stereocenters. The van der Waals surface area contributed by atoms with Gasteiger partial charge in [0.15, 0.2) is 6.20 Å². The molecule has 0 saturated heterocycles. The van der Waals surface area contributed by atoms with Crippen LogP contribution in [0.15, 0.2) is 42.7 Å². The molecule has 0 amide bonds. The molecule has 0 spiro atoms. The molecule has 1 aromatic carbocycles. The van der Waals surface area contributed by atoms with E-state index in [2.05, 4.69) is 189 Å². The molecule has 3 aromatic rings. The number of nitrogens with one attached hydrogen (secondary N) is 1. The van der Waals surface area contributed by atoms with Crippen LogP contribution in [0.2, 0.25) is 0 Å². The summed E-state index contributed by atoms with van der Waals surface area (Å²) in [6.07, 6.45) is 4.11. The van der Waals surface area contributed by atoms with Crippen LogP contribution in [0, 0.1) is 5.41 Å². The summed E-state index contributed by atoms with van der Waals surface area (Å²) in [4.78, 5) is 0. The van der Waals surface area contributed by atoms with Crippen LogP contribution >= 0.6 is 0 Å². The minimum absolute atomic E-state index is 0.0243. The van der Waals surface area contributed by atoms with Crippen molar-refractivity contribution in [1.82, 2.24) is 25.3 Å². The zero-order valence-electron chi connectivity index (χ0n) is 30.3. The molecule has 2 heterocycles. The van der Waals surface area contributed by atoms with Crippen LogP contribution in [0.5, 0.6) is 0 Å². The van der Waals surface area contributed by atoms with Crippen molar-refractivity contribution >= 4 is 0 Å². The average molecular weight is 570 g/mol. The highest BCUT2D eigenvalue weighted by atomic mass is 15.5. The summed E-state index contributed by atoms with van der Waals surface area (Å²) < 4.78 is 3.95. The molecular weight excluding hydrogens is 504 g/mol. The molecule has 0 unspecified atom stereocenters. The number of hydrogen-bond acceptors (Lipinski definition) is 3. The predicted molar refractivity (Wildman–Crippen MR) is 176 cm³/mol. The van der Waals surface area contributed by atoms with E-state index >= 15 is 0 Å². The van der Waals surface area contributed by atoms with Crippen LogP contribution in [0.25, 0.3) is 0 Å². The van der Waals surface area contributed by atoms with E-state index < -0.39 is 0 Å². The van der Waals surface area contributed by atoms with Gasteiger partial charge < -0.3 is 0 Å². The molecule has 0 radical (unpaired) electrons. The van der Waals surface area contributed by atoms with Crippen molar-refractivity contribution in [3.05, 3.63) is 59.7 Å². The van der Waals surface area contributed by atoms with Gasteiger partial charge in [-0.3, -0.25) is 0 Å². The maximum atomic E-state index is 4.29. The zero-order chi connectivity index (χ0) is 32.7. The molecule has 0 aliphatic rings. The third-order valence-corrected chi connectivity index (χ3v) is 5.61. The molecule has 0 fully saturated rings. The topological polar surface area (TPSA) is 63.3 Å². The maximum absolute atomic E-state index is 4.29. The number of hydrogen-bond donors (Lipinski definition) is 1. The van der Waals surface area contributed by atoms with Crippen molar-refractivity contribution in [3.63, 3.8) is 0 Å². The van der Waals surface area contributed by atoms with Gasteiger partial charge in [-0.15, -0.1) is 5.10 Å². The lowest BCUT2D eigenvalue weighted by Gasteiger charge is -2.18. The molecule has 0 bridgehead atoms. The Hall–Kier alpha value is -2.50. The Bertz CT molecular complexity index is 1000. The fourth-order valence-corrected chi connectivity index (χ4v) is 2.87. The van der Waals surface area contributed by atoms with Gasteiger partial charge in [0, 0.05) is 22.1 Å². The second-order valence-corrected chi connectivity index (χ2v) is 17.6. The second kappa shape index (κ2) is 14.1. The number of H-pyrrole nitrogens is 1. The number of aromatic nitrogens is 6. The highest BCUT2D eigenvalue weighted by Gasteiger charge is 2.28. The summed E-state index contributed by atoms with van der Waals surface area (Å²) in [6.45, 7) is 41.1. The standard InChI is InChI=1S/2C10H19N3.C10H14.C5H12/c2*1-9(2,3)8-7-13(12-11-8)10(4,5)6;1-10(2,3)9-7-5-4-6-8-9;1-5(2,3)4/h2*7H,1-6H3;4-8H,1-3H3;1-4H3/p+1. The summed E-state index contributed by atoms with van der Waals surface area (Å²) in [5.41, 5.74) is 4.64. The van der Waals surface area contributed by atoms with Crippen LogP contribution in [-0.4, -0.2) is 25.3 Å². The van der Waals surface area contributed by atoms with Gasteiger partial charge >= 0.3 is 0 Å². The van der Waals surface area contributed by atoms with E-state index in [4.69, 9.17) is 0 Å².